The predicted molar refractivity (Wildman–Crippen MR) is 72.6 cm³/mol. The van der Waals surface area contributed by atoms with Gasteiger partial charge in [0.05, 0.1) is 5.25 Å². The molecule has 1 aromatic rings. The molecule has 1 aromatic heterocycles. The van der Waals surface area contributed by atoms with Crippen LogP contribution in [-0.2, 0) is 20.8 Å². The summed E-state index contributed by atoms with van der Waals surface area (Å²) in [6.07, 6.45) is 0.538. The second kappa shape index (κ2) is 5.01. The second-order valence-corrected chi connectivity index (χ2v) is 9.21. The first-order valence-corrected chi connectivity index (χ1v) is 9.22. The monoisotopic (exact) mass is 308 g/mol. The van der Waals surface area contributed by atoms with Crippen molar-refractivity contribution >= 4 is 32.2 Å². The third-order valence-electron chi connectivity index (χ3n) is 3.08. The van der Waals surface area contributed by atoms with E-state index in [-0.39, 0.29) is 6.04 Å². The van der Waals surface area contributed by atoms with Crippen LogP contribution in [0.2, 0.25) is 0 Å². The van der Waals surface area contributed by atoms with Gasteiger partial charge in [0.15, 0.2) is 9.84 Å². The molecule has 0 spiro atoms. The third kappa shape index (κ3) is 2.27. The average Bonchev–Trinajstić information content (AvgIpc) is 2.72. The summed E-state index contributed by atoms with van der Waals surface area (Å²) in [4.78, 5) is 0. The van der Waals surface area contributed by atoms with Gasteiger partial charge in [-0.1, -0.05) is 6.92 Å². The maximum absolute atomic E-state index is 12.2. The van der Waals surface area contributed by atoms with Crippen LogP contribution in [0.4, 0.5) is 0 Å². The van der Waals surface area contributed by atoms with Crippen LogP contribution in [0.1, 0.15) is 31.9 Å². The van der Waals surface area contributed by atoms with Crippen LogP contribution in [0.3, 0.4) is 0 Å². The van der Waals surface area contributed by atoms with Crippen LogP contribution in [0.5, 0.6) is 0 Å². The maximum Gasteiger partial charge on any atom is 0.190 e. The van der Waals surface area contributed by atoms with Crippen molar-refractivity contribution in [2.24, 2.45) is 5.14 Å². The number of thiophene rings is 1. The number of sulfone groups is 1. The highest BCUT2D eigenvalue weighted by Crippen LogP contribution is 2.41. The summed E-state index contributed by atoms with van der Waals surface area (Å²) in [6, 6.07) is 1.66. The molecule has 1 aliphatic rings. The van der Waals surface area contributed by atoms with Crippen molar-refractivity contribution < 1.29 is 12.6 Å². The molecule has 0 bridgehead atoms. The molecular weight excluding hydrogens is 292 g/mol. The molecule has 0 aliphatic carbocycles. The van der Waals surface area contributed by atoms with Crippen molar-refractivity contribution in [2.75, 3.05) is 6.54 Å². The lowest BCUT2D eigenvalue weighted by molar-refractivity contribution is 0.477. The summed E-state index contributed by atoms with van der Waals surface area (Å²) in [5, 5.41) is 8.18. The Morgan fingerprint density at radius 2 is 2.28 bits per heavy atom. The van der Waals surface area contributed by atoms with Crippen LogP contribution in [0, 0.1) is 0 Å². The molecule has 2 heterocycles. The first-order valence-electron chi connectivity index (χ1n) is 5.65. The largest absolute Gasteiger partial charge is 0.310 e. The number of fused-ring (bicyclic) bond motifs is 1. The van der Waals surface area contributed by atoms with E-state index in [1.165, 1.54) is 0 Å². The molecule has 3 atom stereocenters. The van der Waals surface area contributed by atoms with Crippen molar-refractivity contribution in [3.8, 4) is 0 Å². The van der Waals surface area contributed by atoms with Gasteiger partial charge in [-0.3, -0.25) is 0 Å². The summed E-state index contributed by atoms with van der Waals surface area (Å²) in [5.74, 6) is 0. The lowest BCUT2D eigenvalue weighted by Crippen LogP contribution is -2.33. The smallest absolute Gasteiger partial charge is 0.190 e. The standard InChI is InChI=1S/C10H16N2O3S3/c1-3-12-8-4-6(2)18(14,15)10-7(8)5-9(16-10)17(11)13/h5-6,8,12H,3-4,11H2,1-2H3. The molecular formula is C10H16N2O3S3. The average molecular weight is 308 g/mol. The number of nitrogens with one attached hydrogen (secondary N) is 1. The Bertz CT molecular complexity index is 579. The first-order chi connectivity index (χ1) is 8.37. The Labute approximate surface area is 113 Å². The third-order valence-corrected chi connectivity index (χ3v) is 8.03. The van der Waals surface area contributed by atoms with Crippen LogP contribution >= 0.6 is 11.3 Å². The van der Waals surface area contributed by atoms with Crippen LogP contribution < -0.4 is 10.5 Å². The van der Waals surface area contributed by atoms with Crippen molar-refractivity contribution in [3.63, 3.8) is 0 Å². The van der Waals surface area contributed by atoms with Crippen molar-refractivity contribution in [3.05, 3.63) is 11.6 Å². The Hall–Kier alpha value is -0.280. The second-order valence-electron chi connectivity index (χ2n) is 4.31. The van der Waals surface area contributed by atoms with Crippen LogP contribution in [-0.4, -0.2) is 24.4 Å². The Balaban J connectivity index is 2.57. The van der Waals surface area contributed by atoms with Crippen molar-refractivity contribution in [2.45, 2.75) is 40.0 Å². The van der Waals surface area contributed by atoms with E-state index in [9.17, 15) is 12.6 Å². The Morgan fingerprint density at radius 3 is 2.83 bits per heavy atom. The minimum atomic E-state index is -3.30. The number of nitrogens with two attached hydrogens (primary N) is 1. The van der Waals surface area contributed by atoms with Gasteiger partial charge in [-0.25, -0.2) is 17.8 Å². The van der Waals surface area contributed by atoms with Crippen molar-refractivity contribution in [1.29, 1.82) is 0 Å². The predicted octanol–water partition coefficient (Wildman–Crippen LogP) is 0.946. The summed E-state index contributed by atoms with van der Waals surface area (Å²) in [7, 11) is -4.93. The van der Waals surface area contributed by atoms with E-state index in [4.69, 9.17) is 5.14 Å². The fraction of sp³-hybridized carbons (Fsp3) is 0.600. The fourth-order valence-corrected chi connectivity index (χ4v) is 6.37. The SMILES string of the molecule is CCNC1CC(C)S(=O)(=O)c2sc(S(N)=O)cc21. The Kier molecular flexibility index (Phi) is 3.93. The van der Waals surface area contributed by atoms with Crippen LogP contribution in [0.25, 0.3) is 0 Å². The van der Waals surface area contributed by atoms with E-state index in [0.29, 0.717) is 20.4 Å². The summed E-state index contributed by atoms with van der Waals surface area (Å²) >= 11 is 1.03. The molecule has 0 fully saturated rings. The minimum Gasteiger partial charge on any atom is -0.310 e. The highest BCUT2D eigenvalue weighted by Gasteiger charge is 2.38. The van der Waals surface area contributed by atoms with Gasteiger partial charge >= 0.3 is 0 Å². The van der Waals surface area contributed by atoms with Crippen molar-refractivity contribution in [1.82, 2.24) is 5.32 Å². The summed E-state index contributed by atoms with van der Waals surface area (Å²) < 4.78 is 36.5. The van der Waals surface area contributed by atoms with Gasteiger partial charge in [0, 0.05) is 6.04 Å². The van der Waals surface area contributed by atoms with E-state index >= 15 is 0 Å². The fourth-order valence-electron chi connectivity index (χ4n) is 2.14. The van der Waals surface area contributed by atoms with Gasteiger partial charge in [0.2, 0.25) is 0 Å². The maximum atomic E-state index is 12.2. The Morgan fingerprint density at radius 1 is 1.61 bits per heavy atom. The highest BCUT2D eigenvalue weighted by molar-refractivity contribution is 7.94. The molecule has 18 heavy (non-hydrogen) atoms. The van der Waals surface area contributed by atoms with E-state index in [2.05, 4.69) is 5.32 Å². The molecule has 0 saturated carbocycles. The zero-order chi connectivity index (χ0) is 13.5. The first kappa shape index (κ1) is 14.1. The lowest BCUT2D eigenvalue weighted by atomic mass is 10.1. The van der Waals surface area contributed by atoms with Gasteiger partial charge < -0.3 is 5.32 Å². The highest BCUT2D eigenvalue weighted by atomic mass is 32.3. The minimum absolute atomic E-state index is 0.00271. The van der Waals surface area contributed by atoms with Gasteiger partial charge in [-0.2, -0.15) is 0 Å². The van der Waals surface area contributed by atoms with Gasteiger partial charge in [-0.05, 0) is 31.5 Å². The van der Waals surface area contributed by atoms with Gasteiger partial charge in [0.1, 0.15) is 19.4 Å². The molecule has 8 heteroatoms. The zero-order valence-electron chi connectivity index (χ0n) is 10.2. The molecule has 0 aromatic carbocycles. The van der Waals surface area contributed by atoms with Crippen LogP contribution in [0.15, 0.2) is 14.5 Å². The van der Waals surface area contributed by atoms with E-state index in [1.54, 1.807) is 13.0 Å². The number of rotatable bonds is 3. The molecule has 3 N–H and O–H groups in total. The molecule has 2 rings (SSSR count). The number of hydrogen-bond acceptors (Lipinski definition) is 5. The van der Waals surface area contributed by atoms with E-state index < -0.39 is 26.1 Å². The van der Waals surface area contributed by atoms with Gasteiger partial charge in [-0.15, -0.1) is 11.3 Å². The quantitative estimate of drug-likeness (QED) is 0.870. The molecule has 3 unspecified atom stereocenters. The molecule has 0 radical (unpaired) electrons. The lowest BCUT2D eigenvalue weighted by Gasteiger charge is -2.27. The normalized spacial score (nSPS) is 27.7. The number of hydrogen-bond donors (Lipinski definition) is 2. The molecule has 102 valence electrons. The van der Waals surface area contributed by atoms with E-state index in [1.807, 2.05) is 6.92 Å². The molecule has 0 saturated heterocycles. The molecule has 1 aliphatic heterocycles. The van der Waals surface area contributed by atoms with Gasteiger partial charge in [0.25, 0.3) is 0 Å². The topological polar surface area (TPSA) is 89.3 Å². The molecule has 5 nitrogen and oxygen atoms in total. The molecule has 0 amide bonds. The summed E-state index contributed by atoms with van der Waals surface area (Å²) in [5.41, 5.74) is 0.716. The summed E-state index contributed by atoms with van der Waals surface area (Å²) in [6.45, 7) is 4.44. The zero-order valence-corrected chi connectivity index (χ0v) is 12.6. The van der Waals surface area contributed by atoms with E-state index in [0.717, 1.165) is 17.9 Å².